The molecule has 0 amide bonds. The van der Waals surface area contributed by atoms with E-state index in [2.05, 4.69) is 271 Å². The third-order valence-corrected chi connectivity index (χ3v) is 17.0. The lowest BCUT2D eigenvalue weighted by atomic mass is 9.63. The van der Waals surface area contributed by atoms with Crippen LogP contribution in [-0.4, -0.2) is 0 Å². The van der Waals surface area contributed by atoms with Crippen molar-refractivity contribution in [2.45, 2.75) is 76.0 Å². The second-order valence-corrected chi connectivity index (χ2v) is 22.3. The van der Waals surface area contributed by atoms with Crippen LogP contribution >= 0.6 is 0 Å². The molecule has 10 aromatic rings. The van der Waals surface area contributed by atoms with E-state index in [0.29, 0.717) is 0 Å². The Hall–Kier alpha value is -7.74. The first kappa shape index (κ1) is 43.3. The van der Waals surface area contributed by atoms with Gasteiger partial charge in [0.15, 0.2) is 0 Å². The minimum Gasteiger partial charge on any atom is -0.310 e. The van der Waals surface area contributed by atoms with E-state index in [4.69, 9.17) is 0 Å². The fourth-order valence-corrected chi connectivity index (χ4v) is 13.1. The summed E-state index contributed by atoms with van der Waals surface area (Å²) in [7, 11) is 0. The van der Waals surface area contributed by atoms with E-state index in [1.807, 2.05) is 0 Å². The Labute approximate surface area is 420 Å². The molecule has 1 heteroatoms. The molecule has 344 valence electrons. The zero-order valence-corrected chi connectivity index (χ0v) is 41.7. The highest BCUT2D eigenvalue weighted by molar-refractivity contribution is 5.98. The predicted molar refractivity (Wildman–Crippen MR) is 300 cm³/mol. The number of rotatable bonds is 7. The summed E-state index contributed by atoms with van der Waals surface area (Å²) in [5, 5.41) is 2.50. The summed E-state index contributed by atoms with van der Waals surface area (Å²) in [4.78, 5) is 2.58. The van der Waals surface area contributed by atoms with Crippen molar-refractivity contribution in [3.63, 3.8) is 0 Å². The molecular weight excluding hydrogens is 855 g/mol. The summed E-state index contributed by atoms with van der Waals surface area (Å²) in [5.74, 6) is 0. The Bertz CT molecular complexity index is 3680. The highest BCUT2D eigenvalue weighted by Crippen LogP contribution is 2.60. The van der Waals surface area contributed by atoms with Gasteiger partial charge >= 0.3 is 0 Å². The van der Waals surface area contributed by atoms with E-state index in [1.165, 1.54) is 106 Å². The Morgan fingerprint density at radius 3 is 1.56 bits per heavy atom. The van der Waals surface area contributed by atoms with Crippen molar-refractivity contribution in [1.29, 1.82) is 0 Å². The van der Waals surface area contributed by atoms with Crippen molar-refractivity contribution in [3.8, 4) is 44.5 Å². The summed E-state index contributed by atoms with van der Waals surface area (Å²) < 4.78 is 0. The first-order chi connectivity index (χ1) is 34.4. The zero-order valence-electron chi connectivity index (χ0n) is 41.7. The fraction of sp³-hybridized carbons (Fsp3) is 0.171. The second kappa shape index (κ2) is 15.9. The van der Waals surface area contributed by atoms with Crippen molar-refractivity contribution < 1.29 is 0 Å². The molecular formula is C70H59N. The molecule has 0 bridgehead atoms. The molecule has 0 aromatic heterocycles. The number of benzene rings is 10. The van der Waals surface area contributed by atoms with Crippen molar-refractivity contribution >= 4 is 27.8 Å². The van der Waals surface area contributed by atoms with Gasteiger partial charge in [-0.2, -0.15) is 0 Å². The minimum atomic E-state index is -0.573. The molecule has 0 saturated carbocycles. The number of anilines is 3. The molecule has 71 heavy (non-hydrogen) atoms. The summed E-state index contributed by atoms with van der Waals surface area (Å²) in [6, 6.07) is 85.3. The smallest absolute Gasteiger partial charge is 0.0714 e. The second-order valence-electron chi connectivity index (χ2n) is 22.3. The largest absolute Gasteiger partial charge is 0.310 e. The molecule has 0 aliphatic heterocycles. The SMILES string of the molecule is CC1(C)CCC(C)(C)c2cc(-c3cc4c(cc3N(c3ccc(-c5ccc6ccccc6c5)cc3)c3ccc5c(c3)C(C)(C)c3ccccc3-5)C(c3ccccc3)(c3ccccc3)c3ccccc3-4)ccc21. The lowest BCUT2D eigenvalue weighted by molar-refractivity contribution is 0.332. The maximum atomic E-state index is 2.59. The van der Waals surface area contributed by atoms with Crippen molar-refractivity contribution in [2.24, 2.45) is 0 Å². The van der Waals surface area contributed by atoms with E-state index >= 15 is 0 Å². The molecule has 0 atom stereocenters. The third kappa shape index (κ3) is 6.59. The third-order valence-electron chi connectivity index (χ3n) is 17.0. The maximum absolute atomic E-state index is 2.59. The van der Waals surface area contributed by atoms with Gasteiger partial charge in [-0.25, -0.2) is 0 Å². The number of hydrogen-bond acceptors (Lipinski definition) is 1. The van der Waals surface area contributed by atoms with Crippen LogP contribution in [0.3, 0.4) is 0 Å². The highest BCUT2D eigenvalue weighted by Gasteiger charge is 2.47. The quantitative estimate of drug-likeness (QED) is 0.154. The minimum absolute atomic E-state index is 0.0407. The molecule has 0 N–H and O–H groups in total. The lowest BCUT2D eigenvalue weighted by Gasteiger charge is -2.42. The summed E-state index contributed by atoms with van der Waals surface area (Å²) in [6.45, 7) is 14.6. The zero-order chi connectivity index (χ0) is 48.3. The van der Waals surface area contributed by atoms with Gasteiger partial charge in [-0.1, -0.05) is 224 Å². The molecule has 3 aliphatic carbocycles. The maximum Gasteiger partial charge on any atom is 0.0714 e. The fourth-order valence-electron chi connectivity index (χ4n) is 13.1. The molecule has 1 nitrogen and oxygen atoms in total. The molecule has 0 saturated heterocycles. The van der Waals surface area contributed by atoms with Gasteiger partial charge in [0.25, 0.3) is 0 Å². The van der Waals surface area contributed by atoms with Gasteiger partial charge in [0.05, 0.1) is 11.1 Å². The van der Waals surface area contributed by atoms with Gasteiger partial charge in [0, 0.05) is 22.4 Å². The Morgan fingerprint density at radius 2 is 0.859 bits per heavy atom. The molecule has 0 heterocycles. The van der Waals surface area contributed by atoms with Crippen LogP contribution in [0.1, 0.15) is 98.9 Å². The van der Waals surface area contributed by atoms with Gasteiger partial charge in [0.1, 0.15) is 0 Å². The molecule has 0 fully saturated rings. The van der Waals surface area contributed by atoms with Crippen LogP contribution in [0.25, 0.3) is 55.3 Å². The van der Waals surface area contributed by atoms with E-state index in [1.54, 1.807) is 0 Å². The van der Waals surface area contributed by atoms with Crippen LogP contribution in [0, 0.1) is 0 Å². The van der Waals surface area contributed by atoms with Crippen LogP contribution in [0.15, 0.2) is 224 Å². The Balaban J connectivity index is 1.12. The Kier molecular flexibility index (Phi) is 9.69. The van der Waals surface area contributed by atoms with E-state index < -0.39 is 5.41 Å². The van der Waals surface area contributed by atoms with E-state index in [9.17, 15) is 0 Å². The van der Waals surface area contributed by atoms with Crippen LogP contribution in [-0.2, 0) is 21.7 Å². The first-order valence-corrected chi connectivity index (χ1v) is 25.6. The summed E-state index contributed by atoms with van der Waals surface area (Å²) in [6.07, 6.45) is 2.33. The number of nitrogens with zero attached hydrogens (tertiary/aromatic N) is 1. The molecule has 0 spiro atoms. The summed E-state index contributed by atoms with van der Waals surface area (Å²) >= 11 is 0. The topological polar surface area (TPSA) is 3.24 Å². The van der Waals surface area contributed by atoms with Gasteiger partial charge in [-0.3, -0.25) is 0 Å². The van der Waals surface area contributed by atoms with Crippen LogP contribution in [0.5, 0.6) is 0 Å². The van der Waals surface area contributed by atoms with Crippen LogP contribution in [0.4, 0.5) is 17.1 Å². The monoisotopic (exact) mass is 913 g/mol. The van der Waals surface area contributed by atoms with Gasteiger partial charge < -0.3 is 4.90 Å². The number of hydrogen-bond donors (Lipinski definition) is 0. The standard InChI is InChI=1S/C70H59N/c1-67(2)39-40-68(3,4)65-42-50(33-38-62(65)67)58-44-59-56-26-16-18-28-61(56)70(51-21-9-7-10-22-51,52-23-11-8-12-24-52)64(59)45-66(58)71(54-36-37-57-55-25-15-17-27-60(55)69(5,6)63(57)43-54)53-34-31-47(32-35-53)49-30-29-46-19-13-14-20-48(46)41-49/h7-38,41-45H,39-40H2,1-6H3. The average Bonchev–Trinajstić information content (AvgIpc) is 3.82. The van der Waals surface area contributed by atoms with Crippen LogP contribution in [0.2, 0.25) is 0 Å². The molecule has 0 unspecified atom stereocenters. The first-order valence-electron chi connectivity index (χ1n) is 25.6. The van der Waals surface area contributed by atoms with Crippen LogP contribution < -0.4 is 4.90 Å². The average molecular weight is 914 g/mol. The molecule has 3 aliphatic rings. The van der Waals surface area contributed by atoms with Gasteiger partial charge in [-0.15, -0.1) is 0 Å². The van der Waals surface area contributed by atoms with E-state index in [-0.39, 0.29) is 16.2 Å². The summed E-state index contributed by atoms with van der Waals surface area (Å²) in [5.41, 5.74) is 23.7. The molecule has 0 radical (unpaired) electrons. The highest BCUT2D eigenvalue weighted by atomic mass is 15.1. The lowest BCUT2D eigenvalue weighted by Crippen LogP contribution is -2.33. The van der Waals surface area contributed by atoms with Gasteiger partial charge in [-0.05, 0) is 160 Å². The van der Waals surface area contributed by atoms with Crippen molar-refractivity contribution in [3.05, 3.63) is 269 Å². The van der Waals surface area contributed by atoms with Crippen molar-refractivity contribution in [2.75, 3.05) is 4.90 Å². The van der Waals surface area contributed by atoms with Gasteiger partial charge in [0.2, 0.25) is 0 Å². The number of fused-ring (bicyclic) bond motifs is 8. The molecule has 13 rings (SSSR count). The Morgan fingerprint density at radius 1 is 0.310 bits per heavy atom. The molecule has 10 aromatic carbocycles. The normalized spacial score (nSPS) is 16.1. The predicted octanol–water partition coefficient (Wildman–Crippen LogP) is 18.7. The van der Waals surface area contributed by atoms with E-state index in [0.717, 1.165) is 23.5 Å². The van der Waals surface area contributed by atoms with Crippen molar-refractivity contribution in [1.82, 2.24) is 0 Å².